The predicted molar refractivity (Wildman–Crippen MR) is 50.9 cm³/mol. The van der Waals surface area contributed by atoms with E-state index in [1.54, 1.807) is 0 Å². The number of hydrogen-bond acceptors (Lipinski definition) is 4. The molecule has 1 rings (SSSR count). The third kappa shape index (κ3) is 2.22. The van der Waals surface area contributed by atoms with Gasteiger partial charge in [0.05, 0.1) is 4.92 Å². The third-order valence-electron chi connectivity index (χ3n) is 2.26. The van der Waals surface area contributed by atoms with Crippen molar-refractivity contribution in [1.29, 1.82) is 0 Å². The molecule has 94 valence electrons. The molecule has 0 saturated carbocycles. The molecule has 1 N–H and O–H groups in total. The third-order valence-corrected chi connectivity index (χ3v) is 2.26. The lowest BCUT2D eigenvalue weighted by Crippen LogP contribution is -2.18. The van der Waals surface area contributed by atoms with E-state index >= 15 is 0 Å². The van der Waals surface area contributed by atoms with Gasteiger partial charge in [0.15, 0.2) is 0 Å². The summed E-state index contributed by atoms with van der Waals surface area (Å²) < 4.78 is 25.7. The summed E-state index contributed by atoms with van der Waals surface area (Å²) >= 11 is 0. The molecule has 1 atom stereocenters. The van der Waals surface area contributed by atoms with Crippen LogP contribution in [-0.2, 0) is 4.79 Å². The van der Waals surface area contributed by atoms with E-state index in [9.17, 15) is 23.7 Å². The van der Waals surface area contributed by atoms with Crippen molar-refractivity contribution in [2.45, 2.75) is 26.3 Å². The van der Waals surface area contributed by atoms with Gasteiger partial charge in [-0.3, -0.25) is 10.1 Å². The molecule has 0 fully saturated rings. The summed E-state index contributed by atoms with van der Waals surface area (Å²) in [6.45, 7) is 2.37. The topological polar surface area (TPSA) is 98.3 Å². The average Bonchev–Trinajstić information content (AvgIpc) is 2.54. The first kappa shape index (κ1) is 13.0. The summed E-state index contributed by atoms with van der Waals surface area (Å²) in [5.41, 5.74) is -2.06. The standard InChI is InChI=1S/C8H9F2N3O4/c1-3-6(13(16)17)5(7(9)10)11-12(3)4(2)8(14)15/h4,7H,1-2H3,(H,14,15)/t4-/m1/s1. The molecule has 0 aliphatic heterocycles. The molecular formula is C8H9F2N3O4. The molecule has 9 heteroatoms. The number of aromatic nitrogens is 2. The van der Waals surface area contributed by atoms with Crippen molar-refractivity contribution in [1.82, 2.24) is 9.78 Å². The Morgan fingerprint density at radius 3 is 2.41 bits per heavy atom. The minimum absolute atomic E-state index is 0.208. The van der Waals surface area contributed by atoms with Crippen molar-refractivity contribution in [3.05, 3.63) is 21.5 Å². The van der Waals surface area contributed by atoms with Gasteiger partial charge >= 0.3 is 11.7 Å². The number of hydrogen-bond donors (Lipinski definition) is 1. The summed E-state index contributed by atoms with van der Waals surface area (Å²) in [6, 6.07) is -1.25. The van der Waals surface area contributed by atoms with Gasteiger partial charge < -0.3 is 5.11 Å². The van der Waals surface area contributed by atoms with E-state index in [1.165, 1.54) is 13.8 Å². The fraction of sp³-hybridized carbons (Fsp3) is 0.500. The quantitative estimate of drug-likeness (QED) is 0.646. The van der Waals surface area contributed by atoms with Gasteiger partial charge in [-0.25, -0.2) is 18.3 Å². The fourth-order valence-electron chi connectivity index (χ4n) is 1.39. The zero-order chi connectivity index (χ0) is 13.3. The Labute approximate surface area is 93.8 Å². The second-order valence-electron chi connectivity index (χ2n) is 3.34. The highest BCUT2D eigenvalue weighted by Crippen LogP contribution is 2.32. The summed E-state index contributed by atoms with van der Waals surface area (Å²) in [4.78, 5) is 20.3. The molecule has 1 heterocycles. The van der Waals surface area contributed by atoms with Gasteiger partial charge in [-0.05, 0) is 13.8 Å². The Morgan fingerprint density at radius 1 is 1.59 bits per heavy atom. The number of carboxylic acids is 1. The van der Waals surface area contributed by atoms with Crippen molar-refractivity contribution in [2.24, 2.45) is 0 Å². The molecule has 0 aromatic carbocycles. The minimum Gasteiger partial charge on any atom is -0.480 e. The zero-order valence-electron chi connectivity index (χ0n) is 8.92. The van der Waals surface area contributed by atoms with Gasteiger partial charge in [0.25, 0.3) is 6.43 Å². The van der Waals surface area contributed by atoms with E-state index < -0.39 is 34.7 Å². The van der Waals surface area contributed by atoms with Gasteiger partial charge in [0.2, 0.25) is 5.69 Å². The Balaban J connectivity index is 3.41. The van der Waals surface area contributed by atoms with Crippen molar-refractivity contribution in [2.75, 3.05) is 0 Å². The van der Waals surface area contributed by atoms with Crippen molar-refractivity contribution in [3.63, 3.8) is 0 Å². The first-order chi connectivity index (χ1) is 7.77. The van der Waals surface area contributed by atoms with E-state index in [2.05, 4.69) is 5.10 Å². The van der Waals surface area contributed by atoms with Crippen LogP contribution in [0.2, 0.25) is 0 Å². The Hall–Kier alpha value is -2.06. The lowest BCUT2D eigenvalue weighted by molar-refractivity contribution is -0.386. The first-order valence-electron chi connectivity index (χ1n) is 4.51. The van der Waals surface area contributed by atoms with Crippen molar-refractivity contribution < 1.29 is 23.6 Å². The molecule has 0 spiro atoms. The van der Waals surface area contributed by atoms with Crippen LogP contribution in [0.15, 0.2) is 0 Å². The Morgan fingerprint density at radius 2 is 2.12 bits per heavy atom. The minimum atomic E-state index is -3.13. The highest BCUT2D eigenvalue weighted by molar-refractivity contribution is 5.71. The van der Waals surface area contributed by atoms with Crippen LogP contribution in [-0.4, -0.2) is 25.8 Å². The normalized spacial score (nSPS) is 12.8. The fourth-order valence-corrected chi connectivity index (χ4v) is 1.39. The van der Waals surface area contributed by atoms with Crippen molar-refractivity contribution >= 4 is 11.7 Å². The van der Waals surface area contributed by atoms with Crippen molar-refractivity contribution in [3.8, 4) is 0 Å². The molecule has 0 unspecified atom stereocenters. The number of nitro groups is 1. The van der Waals surface area contributed by atoms with E-state index in [4.69, 9.17) is 5.11 Å². The summed E-state index contributed by atoms with van der Waals surface area (Å²) in [6.07, 6.45) is -3.13. The molecule has 0 aliphatic carbocycles. The highest BCUT2D eigenvalue weighted by Gasteiger charge is 2.33. The van der Waals surface area contributed by atoms with Crippen LogP contribution in [0, 0.1) is 17.0 Å². The lowest BCUT2D eigenvalue weighted by atomic mass is 10.3. The van der Waals surface area contributed by atoms with Crippen LogP contribution in [0.5, 0.6) is 0 Å². The predicted octanol–water partition coefficient (Wildman–Crippen LogP) is 1.68. The van der Waals surface area contributed by atoms with Gasteiger partial charge in [-0.1, -0.05) is 0 Å². The number of aliphatic carboxylic acids is 1. The van der Waals surface area contributed by atoms with E-state index in [-0.39, 0.29) is 5.69 Å². The number of nitrogens with zero attached hydrogens (tertiary/aromatic N) is 3. The smallest absolute Gasteiger partial charge is 0.328 e. The first-order valence-corrected chi connectivity index (χ1v) is 4.51. The molecule has 1 aromatic heterocycles. The molecule has 0 saturated heterocycles. The van der Waals surface area contributed by atoms with Gasteiger partial charge in [0.1, 0.15) is 11.7 Å². The van der Waals surface area contributed by atoms with Crippen LogP contribution in [0.4, 0.5) is 14.5 Å². The van der Waals surface area contributed by atoms with Crippen LogP contribution in [0.25, 0.3) is 0 Å². The van der Waals surface area contributed by atoms with Gasteiger partial charge in [-0.2, -0.15) is 5.10 Å². The molecule has 17 heavy (non-hydrogen) atoms. The van der Waals surface area contributed by atoms with E-state index in [0.717, 1.165) is 0 Å². The number of carbonyl (C=O) groups is 1. The maximum atomic E-state index is 12.5. The average molecular weight is 249 g/mol. The van der Waals surface area contributed by atoms with Gasteiger partial charge in [-0.15, -0.1) is 0 Å². The molecule has 0 radical (unpaired) electrons. The van der Waals surface area contributed by atoms with Crippen LogP contribution in [0.3, 0.4) is 0 Å². The maximum Gasteiger partial charge on any atom is 0.328 e. The second kappa shape index (κ2) is 4.44. The largest absolute Gasteiger partial charge is 0.480 e. The van der Waals surface area contributed by atoms with Gasteiger partial charge in [0, 0.05) is 0 Å². The molecule has 1 aromatic rings. The second-order valence-corrected chi connectivity index (χ2v) is 3.34. The summed E-state index contributed by atoms with van der Waals surface area (Å²) in [5, 5.41) is 22.6. The van der Waals surface area contributed by atoms with E-state index in [0.29, 0.717) is 4.68 Å². The van der Waals surface area contributed by atoms with Crippen LogP contribution < -0.4 is 0 Å². The summed E-state index contributed by atoms with van der Waals surface area (Å²) in [5.74, 6) is -1.31. The SMILES string of the molecule is Cc1c([N+](=O)[O-])c(C(F)F)nn1[C@H](C)C(=O)O. The maximum absolute atomic E-state index is 12.5. The molecule has 0 aliphatic rings. The lowest BCUT2D eigenvalue weighted by Gasteiger charge is -2.07. The number of halogens is 2. The molecule has 7 nitrogen and oxygen atoms in total. The Kier molecular flexibility index (Phi) is 3.39. The van der Waals surface area contributed by atoms with E-state index in [1.807, 2.05) is 0 Å². The Bertz CT molecular complexity index is 472. The number of alkyl halides is 2. The van der Waals surface area contributed by atoms with Crippen LogP contribution >= 0.6 is 0 Å². The number of rotatable bonds is 4. The van der Waals surface area contributed by atoms with Crippen LogP contribution in [0.1, 0.15) is 30.8 Å². The number of carboxylic acid groups (broad SMARTS) is 1. The monoisotopic (exact) mass is 249 g/mol. The highest BCUT2D eigenvalue weighted by atomic mass is 19.3. The molecule has 0 amide bonds. The molecular weight excluding hydrogens is 240 g/mol. The molecule has 0 bridgehead atoms. The summed E-state index contributed by atoms with van der Waals surface area (Å²) in [7, 11) is 0. The zero-order valence-corrected chi connectivity index (χ0v) is 8.92.